The fourth-order valence-corrected chi connectivity index (χ4v) is 1.88. The van der Waals surface area contributed by atoms with Crippen molar-refractivity contribution in [3.05, 3.63) is 0 Å². The summed E-state index contributed by atoms with van der Waals surface area (Å²) >= 11 is 6.19. The van der Waals surface area contributed by atoms with Crippen LogP contribution in [0.2, 0.25) is 0 Å². The van der Waals surface area contributed by atoms with Crippen LogP contribution in [0.4, 0.5) is 0 Å². The fraction of sp³-hybridized carbons (Fsp3) is 0.923. The minimum atomic E-state index is -0.293. The topological polar surface area (TPSA) is 29.1 Å². The summed E-state index contributed by atoms with van der Waals surface area (Å²) in [6, 6.07) is 0. The highest BCUT2D eigenvalue weighted by Crippen LogP contribution is 2.24. The number of amides is 1. The lowest BCUT2D eigenvalue weighted by Crippen LogP contribution is -2.40. The van der Waals surface area contributed by atoms with Crippen LogP contribution in [-0.4, -0.2) is 17.8 Å². The van der Waals surface area contributed by atoms with Gasteiger partial charge in [-0.2, -0.15) is 0 Å². The Kier molecular flexibility index (Phi) is 5.81. The number of nitrogens with one attached hydrogen (secondary N) is 1. The molecule has 0 bridgehead atoms. The maximum atomic E-state index is 11.8. The van der Waals surface area contributed by atoms with Gasteiger partial charge in [0.15, 0.2) is 0 Å². The molecule has 0 aliphatic heterocycles. The highest BCUT2D eigenvalue weighted by atomic mass is 35.5. The largest absolute Gasteiger partial charge is 0.354 e. The molecule has 0 aromatic carbocycles. The van der Waals surface area contributed by atoms with Crippen LogP contribution < -0.4 is 5.32 Å². The molecule has 3 heteroatoms. The van der Waals surface area contributed by atoms with Crippen LogP contribution in [0.5, 0.6) is 0 Å². The van der Waals surface area contributed by atoms with E-state index < -0.39 is 0 Å². The summed E-state index contributed by atoms with van der Waals surface area (Å²) < 4.78 is 0. The molecule has 1 N–H and O–H groups in total. The van der Waals surface area contributed by atoms with Crippen LogP contribution in [0.1, 0.15) is 54.4 Å². The van der Waals surface area contributed by atoms with E-state index >= 15 is 0 Å². The zero-order valence-corrected chi connectivity index (χ0v) is 12.2. The van der Waals surface area contributed by atoms with E-state index in [4.69, 9.17) is 11.6 Å². The first-order valence-corrected chi connectivity index (χ1v) is 6.44. The van der Waals surface area contributed by atoms with Crippen LogP contribution >= 0.6 is 11.6 Å². The van der Waals surface area contributed by atoms with Crippen molar-refractivity contribution in [1.29, 1.82) is 0 Å². The van der Waals surface area contributed by atoms with Crippen molar-refractivity contribution in [2.45, 2.75) is 59.8 Å². The predicted molar refractivity (Wildman–Crippen MR) is 70.8 cm³/mol. The molecular weight excluding hydrogens is 222 g/mol. The van der Waals surface area contributed by atoms with Crippen molar-refractivity contribution in [2.24, 2.45) is 10.8 Å². The monoisotopic (exact) mass is 247 g/mol. The second-order valence-electron chi connectivity index (χ2n) is 6.31. The molecule has 1 amide bonds. The van der Waals surface area contributed by atoms with E-state index in [1.165, 1.54) is 0 Å². The van der Waals surface area contributed by atoms with E-state index in [1.807, 2.05) is 20.8 Å². The molecule has 0 rings (SSSR count). The summed E-state index contributed by atoms with van der Waals surface area (Å²) in [5.41, 5.74) is -0.0875. The van der Waals surface area contributed by atoms with E-state index in [-0.39, 0.29) is 22.1 Å². The first kappa shape index (κ1) is 15.8. The molecule has 1 unspecified atom stereocenters. The molecule has 0 aliphatic carbocycles. The SMILES string of the molecule is CCC(C)(C)C(=O)NCC(Cl)CC(C)(C)C. The lowest BCUT2D eigenvalue weighted by atomic mass is 9.88. The molecule has 1 atom stereocenters. The van der Waals surface area contributed by atoms with Gasteiger partial charge in [0.1, 0.15) is 0 Å². The molecule has 0 saturated heterocycles. The Morgan fingerprint density at radius 3 is 2.12 bits per heavy atom. The van der Waals surface area contributed by atoms with Gasteiger partial charge in [-0.15, -0.1) is 11.6 Å². The number of hydrogen-bond acceptors (Lipinski definition) is 1. The summed E-state index contributed by atoms with van der Waals surface area (Å²) in [6.07, 6.45) is 1.74. The number of hydrogen-bond donors (Lipinski definition) is 1. The summed E-state index contributed by atoms with van der Waals surface area (Å²) in [7, 11) is 0. The highest BCUT2D eigenvalue weighted by molar-refractivity contribution is 6.20. The number of carbonyl (C=O) groups excluding carboxylic acids is 1. The van der Waals surface area contributed by atoms with E-state index in [0.29, 0.717) is 6.54 Å². The smallest absolute Gasteiger partial charge is 0.225 e. The Bertz CT molecular complexity index is 231. The number of carbonyl (C=O) groups is 1. The molecule has 0 radical (unpaired) electrons. The number of alkyl halides is 1. The van der Waals surface area contributed by atoms with Crippen LogP contribution in [0.25, 0.3) is 0 Å². The van der Waals surface area contributed by atoms with Crippen molar-refractivity contribution in [2.75, 3.05) is 6.54 Å². The molecule has 0 spiro atoms. The molecule has 0 aliphatic rings. The molecule has 0 heterocycles. The standard InChI is InChI=1S/C13H26ClNO/c1-7-13(5,6)11(16)15-9-10(14)8-12(2,3)4/h10H,7-9H2,1-6H3,(H,15,16). The summed E-state index contributed by atoms with van der Waals surface area (Å²) in [4.78, 5) is 11.8. The minimum absolute atomic E-state index is 0.0107. The third kappa shape index (κ3) is 6.37. The van der Waals surface area contributed by atoms with Gasteiger partial charge in [-0.1, -0.05) is 41.5 Å². The van der Waals surface area contributed by atoms with Gasteiger partial charge in [0.25, 0.3) is 0 Å². The van der Waals surface area contributed by atoms with Gasteiger partial charge in [-0.3, -0.25) is 4.79 Å². The molecule has 0 aromatic rings. The number of rotatable bonds is 5. The molecule has 0 saturated carbocycles. The lowest BCUT2D eigenvalue weighted by molar-refractivity contribution is -0.129. The Balaban J connectivity index is 4.02. The van der Waals surface area contributed by atoms with Gasteiger partial charge < -0.3 is 5.32 Å². The van der Waals surface area contributed by atoms with Gasteiger partial charge in [-0.25, -0.2) is 0 Å². The Morgan fingerprint density at radius 1 is 1.25 bits per heavy atom. The third-order valence-corrected chi connectivity index (χ3v) is 3.13. The Hall–Kier alpha value is -0.240. The second-order valence-corrected chi connectivity index (χ2v) is 6.93. The third-order valence-electron chi connectivity index (χ3n) is 2.82. The second kappa shape index (κ2) is 5.90. The molecule has 2 nitrogen and oxygen atoms in total. The maximum Gasteiger partial charge on any atom is 0.225 e. The van der Waals surface area contributed by atoms with E-state index in [1.54, 1.807) is 0 Å². The van der Waals surface area contributed by atoms with Gasteiger partial charge in [0.2, 0.25) is 5.91 Å². The molecular formula is C13H26ClNO. The average molecular weight is 248 g/mol. The van der Waals surface area contributed by atoms with Crippen LogP contribution in [0, 0.1) is 10.8 Å². The van der Waals surface area contributed by atoms with Crippen LogP contribution in [0.15, 0.2) is 0 Å². The van der Waals surface area contributed by atoms with E-state index in [2.05, 4.69) is 26.1 Å². The van der Waals surface area contributed by atoms with Gasteiger partial charge in [0, 0.05) is 12.0 Å². The summed E-state index contributed by atoms with van der Waals surface area (Å²) in [5.74, 6) is 0.0922. The first-order valence-electron chi connectivity index (χ1n) is 6.01. The molecule has 96 valence electrons. The quantitative estimate of drug-likeness (QED) is 0.740. The normalized spacial score (nSPS) is 14.7. The van der Waals surface area contributed by atoms with Crippen molar-refractivity contribution >= 4 is 17.5 Å². The summed E-state index contributed by atoms with van der Waals surface area (Å²) in [5, 5.41) is 2.94. The molecule has 0 fully saturated rings. The fourth-order valence-electron chi connectivity index (χ4n) is 1.34. The van der Waals surface area contributed by atoms with E-state index in [9.17, 15) is 4.79 Å². The Labute approximate surface area is 105 Å². The first-order chi connectivity index (χ1) is 7.08. The summed E-state index contributed by atoms with van der Waals surface area (Å²) in [6.45, 7) is 12.9. The zero-order valence-electron chi connectivity index (χ0n) is 11.5. The van der Waals surface area contributed by atoms with Crippen LogP contribution in [-0.2, 0) is 4.79 Å². The van der Waals surface area contributed by atoms with Crippen molar-refractivity contribution in [3.8, 4) is 0 Å². The zero-order chi connectivity index (χ0) is 13.0. The molecule has 0 aromatic heterocycles. The van der Waals surface area contributed by atoms with Crippen LogP contribution in [0.3, 0.4) is 0 Å². The highest BCUT2D eigenvalue weighted by Gasteiger charge is 2.26. The Morgan fingerprint density at radius 2 is 1.75 bits per heavy atom. The predicted octanol–water partition coefficient (Wildman–Crippen LogP) is 3.58. The minimum Gasteiger partial charge on any atom is -0.354 e. The van der Waals surface area contributed by atoms with Gasteiger partial charge >= 0.3 is 0 Å². The van der Waals surface area contributed by atoms with E-state index in [0.717, 1.165) is 12.8 Å². The molecule has 16 heavy (non-hydrogen) atoms. The van der Waals surface area contributed by atoms with Gasteiger partial charge in [0.05, 0.1) is 5.38 Å². The lowest BCUT2D eigenvalue weighted by Gasteiger charge is -2.25. The average Bonchev–Trinajstić information content (AvgIpc) is 2.11. The van der Waals surface area contributed by atoms with Crippen molar-refractivity contribution < 1.29 is 4.79 Å². The van der Waals surface area contributed by atoms with Crippen molar-refractivity contribution in [1.82, 2.24) is 5.32 Å². The maximum absolute atomic E-state index is 11.8. The van der Waals surface area contributed by atoms with Crippen molar-refractivity contribution in [3.63, 3.8) is 0 Å². The number of halogens is 1. The van der Waals surface area contributed by atoms with Gasteiger partial charge in [-0.05, 0) is 18.3 Å².